The summed E-state index contributed by atoms with van der Waals surface area (Å²) >= 11 is 6.27. The summed E-state index contributed by atoms with van der Waals surface area (Å²) in [6.45, 7) is 1.96. The summed E-state index contributed by atoms with van der Waals surface area (Å²) in [7, 11) is 1.63. The first-order valence-electron chi connectivity index (χ1n) is 6.08. The van der Waals surface area contributed by atoms with Gasteiger partial charge in [0.1, 0.15) is 5.75 Å². The number of thiazole rings is 1. The number of thiophene rings is 1. The average Bonchev–Trinajstić information content (AvgIpc) is 3.01. The molecule has 0 saturated carbocycles. The maximum atomic E-state index is 12.2. The van der Waals surface area contributed by atoms with Crippen molar-refractivity contribution in [3.05, 3.63) is 38.5 Å². The number of anilines is 1. The highest BCUT2D eigenvalue weighted by atomic mass is 79.9. The summed E-state index contributed by atoms with van der Waals surface area (Å²) in [5.41, 5.74) is 1.90. The molecular weight excluding hydrogens is 372 g/mol. The summed E-state index contributed by atoms with van der Waals surface area (Å²) in [5, 5.41) is 3.43. The first kappa shape index (κ1) is 14.5. The zero-order valence-corrected chi connectivity index (χ0v) is 14.5. The van der Waals surface area contributed by atoms with E-state index in [1.165, 1.54) is 22.7 Å². The van der Waals surface area contributed by atoms with Crippen molar-refractivity contribution in [2.45, 2.75) is 6.92 Å². The van der Waals surface area contributed by atoms with Gasteiger partial charge in [-0.05, 0) is 52.7 Å². The van der Waals surface area contributed by atoms with E-state index < -0.39 is 0 Å². The number of nitrogens with one attached hydrogen (secondary N) is 1. The van der Waals surface area contributed by atoms with E-state index in [1.807, 2.05) is 31.2 Å². The third-order valence-electron chi connectivity index (χ3n) is 2.90. The molecule has 4 nitrogen and oxygen atoms in total. The van der Waals surface area contributed by atoms with Gasteiger partial charge >= 0.3 is 0 Å². The molecule has 3 rings (SSSR count). The summed E-state index contributed by atoms with van der Waals surface area (Å²) in [6.07, 6.45) is 0. The number of nitrogens with zero attached hydrogens (tertiary/aromatic N) is 1. The number of fused-ring (bicyclic) bond motifs is 1. The van der Waals surface area contributed by atoms with Crippen molar-refractivity contribution in [2.24, 2.45) is 0 Å². The first-order valence-corrected chi connectivity index (χ1v) is 8.51. The Balaban J connectivity index is 1.85. The highest BCUT2D eigenvalue weighted by molar-refractivity contribution is 9.11. The molecule has 1 amide bonds. The molecule has 2 heterocycles. The van der Waals surface area contributed by atoms with Gasteiger partial charge in [0.05, 0.1) is 26.0 Å². The number of ether oxygens (including phenoxy) is 1. The number of carbonyl (C=O) groups is 1. The van der Waals surface area contributed by atoms with Crippen LogP contribution < -0.4 is 10.1 Å². The molecule has 108 valence electrons. The van der Waals surface area contributed by atoms with Gasteiger partial charge in [-0.1, -0.05) is 11.3 Å². The first-order chi connectivity index (χ1) is 10.1. The van der Waals surface area contributed by atoms with Crippen LogP contribution in [0.4, 0.5) is 5.13 Å². The van der Waals surface area contributed by atoms with Crippen LogP contribution in [0.5, 0.6) is 5.75 Å². The van der Waals surface area contributed by atoms with E-state index in [9.17, 15) is 4.79 Å². The average molecular weight is 383 g/mol. The van der Waals surface area contributed by atoms with E-state index >= 15 is 0 Å². The quantitative estimate of drug-likeness (QED) is 0.714. The number of hydrogen-bond acceptors (Lipinski definition) is 5. The molecule has 0 aliphatic carbocycles. The lowest BCUT2D eigenvalue weighted by Crippen LogP contribution is -2.09. The predicted molar refractivity (Wildman–Crippen MR) is 90.9 cm³/mol. The van der Waals surface area contributed by atoms with Crippen molar-refractivity contribution in [1.29, 1.82) is 0 Å². The zero-order chi connectivity index (χ0) is 15.0. The van der Waals surface area contributed by atoms with Crippen molar-refractivity contribution in [2.75, 3.05) is 12.4 Å². The second kappa shape index (κ2) is 5.75. The Bertz CT molecular complexity index is 806. The maximum absolute atomic E-state index is 12.2. The van der Waals surface area contributed by atoms with Crippen molar-refractivity contribution in [3.8, 4) is 5.75 Å². The van der Waals surface area contributed by atoms with Gasteiger partial charge < -0.3 is 4.74 Å². The summed E-state index contributed by atoms with van der Waals surface area (Å²) < 4.78 is 7.14. The van der Waals surface area contributed by atoms with E-state index in [0.717, 1.165) is 25.3 Å². The molecule has 21 heavy (non-hydrogen) atoms. The Labute approximate surface area is 137 Å². The van der Waals surface area contributed by atoms with Crippen molar-refractivity contribution in [3.63, 3.8) is 0 Å². The molecule has 0 aliphatic rings. The van der Waals surface area contributed by atoms with Crippen LogP contribution in [0.1, 0.15) is 15.2 Å². The predicted octanol–water partition coefficient (Wildman–Crippen LogP) is 4.69. The lowest BCUT2D eigenvalue weighted by Gasteiger charge is -1.97. The molecule has 0 bridgehead atoms. The molecule has 0 unspecified atom stereocenters. The smallest absolute Gasteiger partial charge is 0.267 e. The molecule has 0 aliphatic heterocycles. The molecule has 7 heteroatoms. The number of aromatic nitrogens is 1. The molecule has 0 saturated heterocycles. The standard InChI is InChI=1S/C14H11BrN2O2S2/c1-7-5-11(20-12(7)15)13(18)17-14-16-9-4-3-8(19-2)6-10(9)21-14/h3-6H,1-2H3,(H,16,17,18). The number of benzene rings is 1. The minimum absolute atomic E-state index is 0.139. The van der Waals surface area contributed by atoms with Crippen molar-refractivity contribution >= 4 is 59.9 Å². The third kappa shape index (κ3) is 2.95. The lowest BCUT2D eigenvalue weighted by molar-refractivity contribution is 0.103. The van der Waals surface area contributed by atoms with Gasteiger partial charge in [0.2, 0.25) is 0 Å². The van der Waals surface area contributed by atoms with Gasteiger partial charge in [0.25, 0.3) is 5.91 Å². The van der Waals surface area contributed by atoms with Crippen LogP contribution in [0.2, 0.25) is 0 Å². The largest absolute Gasteiger partial charge is 0.497 e. The molecule has 1 aromatic carbocycles. The molecule has 3 aromatic rings. The number of aryl methyl sites for hydroxylation is 1. The fraction of sp³-hybridized carbons (Fsp3) is 0.143. The molecule has 0 spiro atoms. The summed E-state index contributed by atoms with van der Waals surface area (Å²) in [5.74, 6) is 0.640. The van der Waals surface area contributed by atoms with E-state index in [1.54, 1.807) is 7.11 Å². The molecule has 0 atom stereocenters. The van der Waals surface area contributed by atoms with Crippen LogP contribution in [0.3, 0.4) is 0 Å². The molecule has 0 radical (unpaired) electrons. The van der Waals surface area contributed by atoms with Crippen molar-refractivity contribution < 1.29 is 9.53 Å². The van der Waals surface area contributed by atoms with E-state index in [0.29, 0.717) is 10.0 Å². The van der Waals surface area contributed by atoms with Crippen molar-refractivity contribution in [1.82, 2.24) is 4.98 Å². The molecule has 2 aromatic heterocycles. The van der Waals surface area contributed by atoms with Gasteiger partial charge in [0.15, 0.2) is 5.13 Å². The zero-order valence-electron chi connectivity index (χ0n) is 11.3. The number of rotatable bonds is 3. The van der Waals surface area contributed by atoms with Crippen LogP contribution in [0.25, 0.3) is 10.2 Å². The lowest BCUT2D eigenvalue weighted by atomic mass is 10.3. The van der Waals surface area contributed by atoms with Gasteiger partial charge in [0, 0.05) is 0 Å². The summed E-state index contributed by atoms with van der Waals surface area (Å²) in [6, 6.07) is 7.51. The highest BCUT2D eigenvalue weighted by Crippen LogP contribution is 2.31. The SMILES string of the molecule is COc1ccc2nc(NC(=O)c3cc(C)c(Br)s3)sc2c1. The maximum Gasteiger partial charge on any atom is 0.267 e. The van der Waals surface area contributed by atoms with Gasteiger partial charge in [-0.25, -0.2) is 4.98 Å². The monoisotopic (exact) mass is 382 g/mol. The van der Waals surface area contributed by atoms with Crippen LogP contribution in [0.15, 0.2) is 28.1 Å². The Morgan fingerprint density at radius 3 is 2.81 bits per heavy atom. The topological polar surface area (TPSA) is 51.2 Å². The number of carbonyl (C=O) groups excluding carboxylic acids is 1. The van der Waals surface area contributed by atoms with Crippen LogP contribution in [-0.2, 0) is 0 Å². The van der Waals surface area contributed by atoms with E-state index in [2.05, 4.69) is 26.2 Å². The second-order valence-corrected chi connectivity index (χ2v) is 7.77. The fourth-order valence-corrected chi connectivity index (χ4v) is 4.14. The Hall–Kier alpha value is -1.44. The molecular formula is C14H11BrN2O2S2. The van der Waals surface area contributed by atoms with Gasteiger partial charge in [-0.2, -0.15) is 0 Å². The second-order valence-electron chi connectivity index (χ2n) is 4.37. The van der Waals surface area contributed by atoms with Crippen LogP contribution in [0, 0.1) is 6.92 Å². The number of halogens is 1. The number of amides is 1. The third-order valence-corrected chi connectivity index (χ3v) is 5.97. The highest BCUT2D eigenvalue weighted by Gasteiger charge is 2.13. The summed E-state index contributed by atoms with van der Waals surface area (Å²) in [4.78, 5) is 17.3. The Morgan fingerprint density at radius 2 is 2.14 bits per heavy atom. The normalized spacial score (nSPS) is 10.8. The number of hydrogen-bond donors (Lipinski definition) is 1. The van der Waals surface area contributed by atoms with E-state index in [4.69, 9.17) is 4.74 Å². The van der Waals surface area contributed by atoms with E-state index in [-0.39, 0.29) is 5.91 Å². The Morgan fingerprint density at radius 1 is 1.33 bits per heavy atom. The molecule has 1 N–H and O–H groups in total. The minimum atomic E-state index is -0.139. The fourth-order valence-electron chi connectivity index (χ4n) is 1.82. The Kier molecular flexibility index (Phi) is 3.97. The minimum Gasteiger partial charge on any atom is -0.497 e. The number of methoxy groups -OCH3 is 1. The van der Waals surface area contributed by atoms with Crippen LogP contribution in [-0.4, -0.2) is 18.0 Å². The van der Waals surface area contributed by atoms with Crippen LogP contribution >= 0.6 is 38.6 Å². The van der Waals surface area contributed by atoms with Gasteiger partial charge in [-0.15, -0.1) is 11.3 Å². The molecule has 0 fully saturated rings. The van der Waals surface area contributed by atoms with Gasteiger partial charge in [-0.3, -0.25) is 10.1 Å².